The van der Waals surface area contributed by atoms with Crippen molar-refractivity contribution in [1.82, 2.24) is 20.3 Å². The normalized spacial score (nSPS) is 10.3. The highest BCUT2D eigenvalue weighted by Crippen LogP contribution is 2.35. The zero-order chi connectivity index (χ0) is 19.4. The third-order valence-corrected chi connectivity index (χ3v) is 4.69. The Morgan fingerprint density at radius 3 is 2.63 bits per heavy atom. The van der Waals surface area contributed by atoms with Crippen LogP contribution in [0.5, 0.6) is 0 Å². The van der Waals surface area contributed by atoms with Gasteiger partial charge in [0.25, 0.3) is 0 Å². The molecule has 0 unspecified atom stereocenters. The summed E-state index contributed by atoms with van der Waals surface area (Å²) in [5, 5.41) is 7.85. The Labute approximate surface area is 159 Å². The molecule has 138 valence electrons. The van der Waals surface area contributed by atoms with Crippen LogP contribution in [0.2, 0.25) is 0 Å². The monoisotopic (exact) mass is 383 g/mol. The number of nitrogens with zero attached hydrogens (tertiary/aromatic N) is 3. The molecule has 3 rings (SSSR count). The standard InChI is InChI=1S/C18H17N5O3S/c1-10-9-27-16(22-10)13-5-15(23-18(25)19-2)21-8-14(13)11-4-12(7-20-6-11)17(24)26-3/h4-9H,1-3H3,(H2,19,21,23,25). The fourth-order valence-electron chi connectivity index (χ4n) is 2.40. The van der Waals surface area contributed by atoms with E-state index in [0.717, 1.165) is 21.8 Å². The number of hydrogen-bond acceptors (Lipinski definition) is 7. The number of aromatic nitrogens is 3. The minimum absolute atomic E-state index is 0.337. The fourth-order valence-corrected chi connectivity index (χ4v) is 3.23. The Kier molecular flexibility index (Phi) is 5.41. The van der Waals surface area contributed by atoms with Gasteiger partial charge in [0.1, 0.15) is 10.8 Å². The number of ether oxygens (including phenoxy) is 1. The maximum atomic E-state index is 11.8. The van der Waals surface area contributed by atoms with E-state index in [9.17, 15) is 9.59 Å². The molecule has 0 spiro atoms. The maximum Gasteiger partial charge on any atom is 0.339 e. The van der Waals surface area contributed by atoms with E-state index in [4.69, 9.17) is 4.74 Å². The van der Waals surface area contributed by atoms with Gasteiger partial charge in [-0.1, -0.05) is 0 Å². The number of aryl methyl sites for hydroxylation is 1. The van der Waals surface area contributed by atoms with Crippen LogP contribution < -0.4 is 10.6 Å². The molecule has 9 heteroatoms. The van der Waals surface area contributed by atoms with Gasteiger partial charge in [0.15, 0.2) is 0 Å². The summed E-state index contributed by atoms with van der Waals surface area (Å²) >= 11 is 1.48. The van der Waals surface area contributed by atoms with E-state index in [1.807, 2.05) is 12.3 Å². The molecule has 0 aliphatic carbocycles. The Morgan fingerprint density at radius 1 is 1.15 bits per heavy atom. The SMILES string of the molecule is CNC(=O)Nc1cc(-c2nc(C)cs2)c(-c2cncc(C(=O)OC)c2)cn1. The van der Waals surface area contributed by atoms with Crippen molar-refractivity contribution in [3.63, 3.8) is 0 Å². The summed E-state index contributed by atoms with van der Waals surface area (Å²) < 4.78 is 4.76. The lowest BCUT2D eigenvalue weighted by atomic mass is 10.0. The highest BCUT2D eigenvalue weighted by Gasteiger charge is 2.16. The topological polar surface area (TPSA) is 106 Å². The quantitative estimate of drug-likeness (QED) is 0.671. The molecule has 0 bridgehead atoms. The summed E-state index contributed by atoms with van der Waals surface area (Å²) in [5.41, 5.74) is 3.44. The summed E-state index contributed by atoms with van der Waals surface area (Å²) in [4.78, 5) is 36.4. The largest absolute Gasteiger partial charge is 0.465 e. The highest BCUT2D eigenvalue weighted by atomic mass is 32.1. The molecule has 27 heavy (non-hydrogen) atoms. The van der Waals surface area contributed by atoms with E-state index >= 15 is 0 Å². The Balaban J connectivity index is 2.12. The molecule has 3 heterocycles. The first kappa shape index (κ1) is 18.5. The van der Waals surface area contributed by atoms with Gasteiger partial charge in [0.05, 0.1) is 12.7 Å². The smallest absolute Gasteiger partial charge is 0.339 e. The molecule has 0 aliphatic heterocycles. The Morgan fingerprint density at radius 2 is 1.96 bits per heavy atom. The second-order valence-electron chi connectivity index (χ2n) is 5.57. The van der Waals surface area contributed by atoms with E-state index < -0.39 is 5.97 Å². The zero-order valence-corrected chi connectivity index (χ0v) is 15.8. The Hall–Kier alpha value is -3.33. The number of esters is 1. The molecule has 0 atom stereocenters. The van der Waals surface area contributed by atoms with Gasteiger partial charge in [-0.25, -0.2) is 19.6 Å². The van der Waals surface area contributed by atoms with Crippen molar-refractivity contribution in [2.75, 3.05) is 19.5 Å². The van der Waals surface area contributed by atoms with Gasteiger partial charge in [-0.3, -0.25) is 10.3 Å². The first-order chi connectivity index (χ1) is 13.0. The van der Waals surface area contributed by atoms with Crippen molar-refractivity contribution in [1.29, 1.82) is 0 Å². The van der Waals surface area contributed by atoms with Crippen molar-refractivity contribution in [3.8, 4) is 21.7 Å². The van der Waals surface area contributed by atoms with Gasteiger partial charge in [0.2, 0.25) is 0 Å². The molecule has 0 aromatic carbocycles. The highest BCUT2D eigenvalue weighted by molar-refractivity contribution is 7.13. The number of amides is 2. The number of methoxy groups -OCH3 is 1. The third-order valence-electron chi connectivity index (χ3n) is 3.69. The van der Waals surface area contributed by atoms with Crippen LogP contribution in [0.25, 0.3) is 21.7 Å². The molecule has 3 aromatic heterocycles. The van der Waals surface area contributed by atoms with Crippen molar-refractivity contribution >= 4 is 29.2 Å². The molecule has 2 amide bonds. The van der Waals surface area contributed by atoms with E-state index in [0.29, 0.717) is 16.9 Å². The lowest BCUT2D eigenvalue weighted by Gasteiger charge is -2.11. The second-order valence-corrected chi connectivity index (χ2v) is 6.43. The number of hydrogen-bond donors (Lipinski definition) is 2. The van der Waals surface area contributed by atoms with Crippen molar-refractivity contribution in [2.24, 2.45) is 0 Å². The van der Waals surface area contributed by atoms with E-state index in [1.165, 1.54) is 31.7 Å². The molecule has 0 saturated heterocycles. The average Bonchev–Trinajstić information content (AvgIpc) is 3.13. The van der Waals surface area contributed by atoms with Crippen LogP contribution in [0.1, 0.15) is 16.1 Å². The summed E-state index contributed by atoms with van der Waals surface area (Å²) in [7, 11) is 2.85. The number of nitrogens with one attached hydrogen (secondary N) is 2. The number of anilines is 1. The predicted octanol–water partition coefficient (Wildman–Crippen LogP) is 3.11. The predicted molar refractivity (Wildman–Crippen MR) is 103 cm³/mol. The summed E-state index contributed by atoms with van der Waals surface area (Å²) in [6.07, 6.45) is 4.70. The Bertz CT molecular complexity index is 1000. The van der Waals surface area contributed by atoms with Crippen LogP contribution in [0, 0.1) is 6.92 Å². The molecule has 8 nitrogen and oxygen atoms in total. The van der Waals surface area contributed by atoms with Gasteiger partial charge < -0.3 is 10.1 Å². The van der Waals surface area contributed by atoms with E-state index in [-0.39, 0.29) is 6.03 Å². The van der Waals surface area contributed by atoms with Crippen LogP contribution in [0.3, 0.4) is 0 Å². The van der Waals surface area contributed by atoms with Gasteiger partial charge >= 0.3 is 12.0 Å². The zero-order valence-electron chi connectivity index (χ0n) is 14.9. The first-order valence-corrected chi connectivity index (χ1v) is 8.84. The minimum atomic E-state index is -0.471. The summed E-state index contributed by atoms with van der Waals surface area (Å²) in [5.74, 6) is -0.0834. The second kappa shape index (κ2) is 7.92. The molecular formula is C18H17N5O3S. The number of pyridine rings is 2. The average molecular weight is 383 g/mol. The van der Waals surface area contributed by atoms with E-state index in [2.05, 4.69) is 25.6 Å². The molecule has 0 fully saturated rings. The van der Waals surface area contributed by atoms with Crippen LogP contribution in [0.4, 0.5) is 10.6 Å². The molecular weight excluding hydrogens is 366 g/mol. The van der Waals surface area contributed by atoms with Crippen molar-refractivity contribution < 1.29 is 14.3 Å². The first-order valence-electron chi connectivity index (χ1n) is 7.97. The van der Waals surface area contributed by atoms with Crippen LogP contribution in [0.15, 0.2) is 36.1 Å². The third kappa shape index (κ3) is 4.09. The molecule has 0 saturated carbocycles. The number of carbonyl (C=O) groups excluding carboxylic acids is 2. The van der Waals surface area contributed by atoms with E-state index in [1.54, 1.807) is 24.5 Å². The maximum absolute atomic E-state index is 11.8. The number of rotatable bonds is 4. The van der Waals surface area contributed by atoms with Crippen molar-refractivity contribution in [2.45, 2.75) is 6.92 Å². The minimum Gasteiger partial charge on any atom is -0.465 e. The molecule has 2 N–H and O–H groups in total. The number of carbonyl (C=O) groups is 2. The van der Waals surface area contributed by atoms with Crippen LogP contribution in [-0.2, 0) is 4.74 Å². The van der Waals surface area contributed by atoms with Crippen LogP contribution >= 0.6 is 11.3 Å². The lowest BCUT2D eigenvalue weighted by Crippen LogP contribution is -2.24. The summed E-state index contributed by atoms with van der Waals surface area (Å²) in [6, 6.07) is 3.06. The van der Waals surface area contributed by atoms with Gasteiger partial charge in [-0.15, -0.1) is 11.3 Å². The summed E-state index contributed by atoms with van der Waals surface area (Å²) in [6.45, 7) is 1.91. The van der Waals surface area contributed by atoms with Crippen LogP contribution in [-0.4, -0.2) is 41.1 Å². The van der Waals surface area contributed by atoms with Gasteiger partial charge in [-0.2, -0.15) is 0 Å². The van der Waals surface area contributed by atoms with Gasteiger partial charge in [0, 0.05) is 53.4 Å². The number of urea groups is 1. The molecule has 3 aromatic rings. The molecule has 0 radical (unpaired) electrons. The lowest BCUT2D eigenvalue weighted by molar-refractivity contribution is 0.0600. The fraction of sp³-hybridized carbons (Fsp3) is 0.167. The molecule has 0 aliphatic rings. The number of thiazole rings is 1. The van der Waals surface area contributed by atoms with Gasteiger partial charge in [-0.05, 0) is 19.1 Å². The van der Waals surface area contributed by atoms with Crippen molar-refractivity contribution in [3.05, 3.63) is 47.4 Å².